The van der Waals surface area contributed by atoms with E-state index in [2.05, 4.69) is 37.1 Å². The third-order valence-corrected chi connectivity index (χ3v) is 5.59. The molecule has 0 saturated carbocycles. The third-order valence-electron chi connectivity index (χ3n) is 5.59. The molecule has 0 spiro atoms. The Morgan fingerprint density at radius 2 is 2.11 bits per heavy atom. The van der Waals surface area contributed by atoms with Gasteiger partial charge in [-0.25, -0.2) is 0 Å². The van der Waals surface area contributed by atoms with Gasteiger partial charge in [0.05, 0.1) is 5.69 Å². The fourth-order valence-corrected chi connectivity index (χ4v) is 4.16. The molecule has 0 bridgehead atoms. The van der Waals surface area contributed by atoms with Crippen molar-refractivity contribution in [1.82, 2.24) is 15.5 Å². The highest BCUT2D eigenvalue weighted by Gasteiger charge is 2.27. The zero-order valence-corrected chi connectivity index (χ0v) is 16.7. The Balaban J connectivity index is 1.52. The van der Waals surface area contributed by atoms with E-state index in [1.807, 2.05) is 12.1 Å². The fraction of sp³-hybridized carbons (Fsp3) is 0.650. The first-order valence-corrected chi connectivity index (χ1v) is 10.1. The minimum atomic E-state index is -2.82. The van der Waals surface area contributed by atoms with Crippen LogP contribution < -0.4 is 20.3 Å². The number of hydrogen-bond acceptors (Lipinski definition) is 4. The predicted molar refractivity (Wildman–Crippen MR) is 108 cm³/mol. The fourth-order valence-electron chi connectivity index (χ4n) is 4.16. The van der Waals surface area contributed by atoms with Gasteiger partial charge in [-0.3, -0.25) is 9.89 Å². The lowest BCUT2D eigenvalue weighted by Crippen LogP contribution is -2.48. The molecule has 0 aliphatic carbocycles. The number of alkyl halides is 2. The molecule has 2 aliphatic heterocycles. The van der Waals surface area contributed by atoms with Crippen molar-refractivity contribution in [3.8, 4) is 5.75 Å². The van der Waals surface area contributed by atoms with Crippen LogP contribution in [0.5, 0.6) is 5.75 Å². The zero-order valence-electron chi connectivity index (χ0n) is 16.7. The van der Waals surface area contributed by atoms with E-state index in [0.29, 0.717) is 11.7 Å². The van der Waals surface area contributed by atoms with Crippen LogP contribution in [0.3, 0.4) is 0 Å². The number of anilines is 1. The van der Waals surface area contributed by atoms with E-state index in [-0.39, 0.29) is 11.8 Å². The second-order valence-corrected chi connectivity index (χ2v) is 7.30. The summed E-state index contributed by atoms with van der Waals surface area (Å²) in [7, 11) is 1.78. The molecular formula is C20H31F2N5O. The van der Waals surface area contributed by atoms with Crippen molar-refractivity contribution < 1.29 is 13.5 Å². The predicted octanol–water partition coefficient (Wildman–Crippen LogP) is 2.52. The van der Waals surface area contributed by atoms with Gasteiger partial charge >= 0.3 is 6.61 Å². The van der Waals surface area contributed by atoms with Gasteiger partial charge in [-0.05, 0) is 44.5 Å². The Morgan fingerprint density at radius 1 is 1.29 bits per heavy atom. The Labute approximate surface area is 165 Å². The molecule has 0 amide bonds. The second kappa shape index (κ2) is 9.91. The Bertz CT molecular complexity index is 657. The third kappa shape index (κ3) is 5.25. The molecule has 3 rings (SSSR count). The summed E-state index contributed by atoms with van der Waals surface area (Å²) in [6, 6.07) is 7.73. The number of likely N-dealkylation sites (N-methyl/N-ethyl adjacent to an activating group) is 1. The second-order valence-electron chi connectivity index (χ2n) is 7.30. The van der Waals surface area contributed by atoms with Crippen LogP contribution in [-0.2, 0) is 0 Å². The van der Waals surface area contributed by atoms with Crippen LogP contribution in [0.1, 0.15) is 26.2 Å². The number of likely N-dealkylation sites (tertiary alicyclic amines) is 1. The topological polar surface area (TPSA) is 52.1 Å². The van der Waals surface area contributed by atoms with Crippen LogP contribution in [0.2, 0.25) is 0 Å². The highest BCUT2D eigenvalue weighted by atomic mass is 19.3. The molecule has 2 N–H and O–H groups in total. The smallest absolute Gasteiger partial charge is 0.387 e. The molecule has 156 valence electrons. The lowest BCUT2D eigenvalue weighted by atomic mass is 10.2. The van der Waals surface area contributed by atoms with Gasteiger partial charge in [0.2, 0.25) is 0 Å². The maximum absolute atomic E-state index is 12.7. The standard InChI is InChI=1S/C20H31F2N5O/c1-3-26-11-6-7-16(26)13-24-20(23-2)25-15-10-12-27(14-15)17-8-4-5-9-18(17)28-19(21)22/h4-5,8-9,15-16,19H,3,6-7,10-14H2,1-2H3,(H2,23,24,25). The van der Waals surface area contributed by atoms with E-state index in [9.17, 15) is 8.78 Å². The van der Waals surface area contributed by atoms with E-state index < -0.39 is 6.61 Å². The highest BCUT2D eigenvalue weighted by Crippen LogP contribution is 2.31. The Hall–Kier alpha value is -2.09. The number of guanidine groups is 1. The van der Waals surface area contributed by atoms with Crippen molar-refractivity contribution in [2.24, 2.45) is 4.99 Å². The molecule has 8 heteroatoms. The van der Waals surface area contributed by atoms with Crippen LogP contribution in [0.25, 0.3) is 0 Å². The largest absolute Gasteiger partial charge is 0.433 e. The number of halogens is 2. The summed E-state index contributed by atoms with van der Waals surface area (Å²) >= 11 is 0. The van der Waals surface area contributed by atoms with E-state index in [1.54, 1.807) is 19.2 Å². The van der Waals surface area contributed by atoms with Crippen molar-refractivity contribution in [3.05, 3.63) is 24.3 Å². The average Bonchev–Trinajstić information content (AvgIpc) is 3.34. The zero-order chi connectivity index (χ0) is 19.9. The number of para-hydroxylation sites is 2. The molecule has 1 aromatic carbocycles. The van der Waals surface area contributed by atoms with Gasteiger partial charge < -0.3 is 20.3 Å². The summed E-state index contributed by atoms with van der Waals surface area (Å²) in [6.45, 7) is 4.02. The summed E-state index contributed by atoms with van der Waals surface area (Å²) in [5.41, 5.74) is 0.708. The quantitative estimate of drug-likeness (QED) is 0.549. The van der Waals surface area contributed by atoms with Crippen LogP contribution in [0, 0.1) is 0 Å². The van der Waals surface area contributed by atoms with Gasteiger partial charge in [-0.2, -0.15) is 8.78 Å². The summed E-state index contributed by atoms with van der Waals surface area (Å²) < 4.78 is 30.0. The van der Waals surface area contributed by atoms with E-state index >= 15 is 0 Å². The van der Waals surface area contributed by atoms with Gasteiger partial charge in [0.1, 0.15) is 5.75 Å². The summed E-state index contributed by atoms with van der Waals surface area (Å²) in [6.07, 6.45) is 3.38. The molecule has 2 saturated heterocycles. The molecule has 2 aliphatic rings. The lowest BCUT2D eigenvalue weighted by Gasteiger charge is -2.25. The van der Waals surface area contributed by atoms with Gasteiger partial charge in [-0.1, -0.05) is 19.1 Å². The molecule has 0 radical (unpaired) electrons. The molecule has 2 fully saturated rings. The Morgan fingerprint density at radius 3 is 2.86 bits per heavy atom. The van der Waals surface area contributed by atoms with Crippen molar-refractivity contribution >= 4 is 11.6 Å². The van der Waals surface area contributed by atoms with Crippen LogP contribution in [-0.4, -0.2) is 69.3 Å². The number of ether oxygens (including phenoxy) is 1. The van der Waals surface area contributed by atoms with E-state index in [0.717, 1.165) is 38.6 Å². The van der Waals surface area contributed by atoms with Gasteiger partial charge in [0.25, 0.3) is 0 Å². The number of nitrogens with zero attached hydrogens (tertiary/aromatic N) is 3. The summed E-state index contributed by atoms with van der Waals surface area (Å²) in [4.78, 5) is 8.93. The number of nitrogens with one attached hydrogen (secondary N) is 2. The van der Waals surface area contributed by atoms with E-state index in [4.69, 9.17) is 0 Å². The molecule has 2 heterocycles. The lowest BCUT2D eigenvalue weighted by molar-refractivity contribution is -0.0495. The first-order chi connectivity index (χ1) is 13.6. The number of hydrogen-bond donors (Lipinski definition) is 2. The SMILES string of the molecule is CCN1CCCC1CNC(=NC)NC1CCN(c2ccccc2OC(F)F)C1. The first kappa shape index (κ1) is 20.6. The van der Waals surface area contributed by atoms with Crippen molar-refractivity contribution in [2.45, 2.75) is 44.9 Å². The maximum Gasteiger partial charge on any atom is 0.387 e. The number of benzene rings is 1. The van der Waals surface area contributed by atoms with Crippen molar-refractivity contribution in [2.75, 3.05) is 44.7 Å². The molecule has 2 unspecified atom stereocenters. The van der Waals surface area contributed by atoms with Crippen LogP contribution in [0.4, 0.5) is 14.5 Å². The Kier molecular flexibility index (Phi) is 7.30. The van der Waals surface area contributed by atoms with Crippen LogP contribution >= 0.6 is 0 Å². The molecular weight excluding hydrogens is 364 g/mol. The van der Waals surface area contributed by atoms with Gasteiger partial charge in [0, 0.05) is 38.8 Å². The van der Waals surface area contributed by atoms with Gasteiger partial charge in [-0.15, -0.1) is 0 Å². The molecule has 1 aromatic rings. The van der Waals surface area contributed by atoms with Crippen molar-refractivity contribution in [1.29, 1.82) is 0 Å². The minimum absolute atomic E-state index is 0.205. The monoisotopic (exact) mass is 395 g/mol. The molecule has 2 atom stereocenters. The average molecular weight is 395 g/mol. The van der Waals surface area contributed by atoms with E-state index in [1.165, 1.54) is 19.4 Å². The van der Waals surface area contributed by atoms with Gasteiger partial charge in [0.15, 0.2) is 5.96 Å². The summed E-state index contributed by atoms with van der Waals surface area (Å²) in [5.74, 6) is 1.02. The van der Waals surface area contributed by atoms with Crippen molar-refractivity contribution in [3.63, 3.8) is 0 Å². The molecule has 0 aromatic heterocycles. The van der Waals surface area contributed by atoms with Crippen LogP contribution in [0.15, 0.2) is 29.3 Å². The number of rotatable bonds is 7. The normalized spacial score (nSPS) is 23.5. The number of aliphatic imine (C=N–C) groups is 1. The summed E-state index contributed by atoms with van der Waals surface area (Å²) in [5, 5.41) is 6.92. The maximum atomic E-state index is 12.7. The molecule has 6 nitrogen and oxygen atoms in total. The first-order valence-electron chi connectivity index (χ1n) is 10.1. The molecule has 28 heavy (non-hydrogen) atoms. The minimum Gasteiger partial charge on any atom is -0.433 e. The highest BCUT2D eigenvalue weighted by molar-refractivity contribution is 5.80.